The minimum atomic E-state index is -3.56. The van der Waals surface area contributed by atoms with Crippen molar-refractivity contribution in [1.82, 2.24) is 4.72 Å². The Bertz CT molecular complexity index is 945. The van der Waals surface area contributed by atoms with Crippen molar-refractivity contribution in [3.8, 4) is 0 Å². The standard InChI is InChI=1S/C21H23NO2S2/c1-16-8-12-19(13-9-16)26(23,24)22-20(21-15-10-17(2)25-21)14-11-18-6-4-3-5-7-18/h3-10,12-13,15,20,22H,11,14H2,1-2H3. The molecule has 0 radical (unpaired) electrons. The Kier molecular flexibility index (Phi) is 5.91. The molecule has 0 amide bonds. The number of nitrogens with one attached hydrogen (secondary N) is 1. The summed E-state index contributed by atoms with van der Waals surface area (Å²) in [6, 6.07) is 20.9. The molecular formula is C21H23NO2S2. The van der Waals surface area contributed by atoms with Gasteiger partial charge in [0.2, 0.25) is 10.0 Å². The fourth-order valence-electron chi connectivity index (χ4n) is 2.83. The minimum Gasteiger partial charge on any atom is -0.207 e. The lowest BCUT2D eigenvalue weighted by atomic mass is 10.0. The zero-order chi connectivity index (χ0) is 18.6. The number of aryl methyl sites for hydroxylation is 3. The smallest absolute Gasteiger partial charge is 0.207 e. The highest BCUT2D eigenvalue weighted by atomic mass is 32.2. The van der Waals surface area contributed by atoms with Gasteiger partial charge in [0.1, 0.15) is 0 Å². The van der Waals surface area contributed by atoms with Crippen molar-refractivity contribution in [3.05, 3.63) is 87.6 Å². The third kappa shape index (κ3) is 4.81. The lowest BCUT2D eigenvalue weighted by Gasteiger charge is -2.18. The van der Waals surface area contributed by atoms with Crippen LogP contribution < -0.4 is 4.72 Å². The van der Waals surface area contributed by atoms with E-state index in [1.165, 1.54) is 10.4 Å². The van der Waals surface area contributed by atoms with Crippen molar-refractivity contribution in [2.75, 3.05) is 0 Å². The van der Waals surface area contributed by atoms with Crippen LogP contribution in [0.3, 0.4) is 0 Å². The number of benzene rings is 2. The molecule has 1 heterocycles. The quantitative estimate of drug-likeness (QED) is 0.621. The summed E-state index contributed by atoms with van der Waals surface area (Å²) in [6.45, 7) is 3.98. The van der Waals surface area contributed by atoms with Gasteiger partial charge in [-0.2, -0.15) is 0 Å². The molecule has 0 bridgehead atoms. The van der Waals surface area contributed by atoms with Gasteiger partial charge in [-0.15, -0.1) is 11.3 Å². The molecule has 2 aromatic carbocycles. The van der Waals surface area contributed by atoms with Crippen LogP contribution >= 0.6 is 11.3 Å². The van der Waals surface area contributed by atoms with E-state index in [-0.39, 0.29) is 6.04 Å². The molecule has 1 N–H and O–H groups in total. The topological polar surface area (TPSA) is 46.2 Å². The number of hydrogen-bond acceptors (Lipinski definition) is 3. The van der Waals surface area contributed by atoms with Gasteiger partial charge in [-0.3, -0.25) is 0 Å². The van der Waals surface area contributed by atoms with Crippen molar-refractivity contribution in [3.63, 3.8) is 0 Å². The average Bonchev–Trinajstić information content (AvgIpc) is 3.06. The second kappa shape index (κ2) is 8.16. The van der Waals surface area contributed by atoms with Gasteiger partial charge < -0.3 is 0 Å². The van der Waals surface area contributed by atoms with E-state index >= 15 is 0 Å². The van der Waals surface area contributed by atoms with Crippen LogP contribution in [0.4, 0.5) is 0 Å². The molecule has 1 aromatic heterocycles. The van der Waals surface area contributed by atoms with Crippen LogP contribution in [0.25, 0.3) is 0 Å². The Labute approximate surface area is 159 Å². The molecule has 136 valence electrons. The Morgan fingerprint density at radius 2 is 1.62 bits per heavy atom. The number of hydrogen-bond donors (Lipinski definition) is 1. The minimum absolute atomic E-state index is 0.236. The molecule has 1 atom stereocenters. The van der Waals surface area contributed by atoms with E-state index in [2.05, 4.69) is 16.9 Å². The van der Waals surface area contributed by atoms with Gasteiger partial charge in [-0.25, -0.2) is 13.1 Å². The number of sulfonamides is 1. The highest BCUT2D eigenvalue weighted by Gasteiger charge is 2.22. The lowest BCUT2D eigenvalue weighted by molar-refractivity contribution is 0.543. The largest absolute Gasteiger partial charge is 0.241 e. The summed E-state index contributed by atoms with van der Waals surface area (Å²) < 4.78 is 28.6. The summed E-state index contributed by atoms with van der Waals surface area (Å²) in [4.78, 5) is 2.54. The first-order valence-electron chi connectivity index (χ1n) is 8.63. The Morgan fingerprint density at radius 3 is 2.23 bits per heavy atom. The molecule has 0 aliphatic carbocycles. The first-order valence-corrected chi connectivity index (χ1v) is 10.9. The van der Waals surface area contributed by atoms with E-state index in [4.69, 9.17) is 0 Å². The molecule has 26 heavy (non-hydrogen) atoms. The second-order valence-electron chi connectivity index (χ2n) is 6.46. The molecule has 1 unspecified atom stereocenters. The summed E-state index contributed by atoms with van der Waals surface area (Å²) in [5.74, 6) is 0. The van der Waals surface area contributed by atoms with E-state index in [1.807, 2.05) is 56.3 Å². The maximum atomic E-state index is 12.8. The first kappa shape index (κ1) is 18.8. The third-order valence-corrected chi connectivity index (χ3v) is 6.90. The zero-order valence-corrected chi connectivity index (χ0v) is 16.6. The SMILES string of the molecule is Cc1ccc(S(=O)(=O)NC(CCc2ccccc2)c2ccc(C)s2)cc1. The number of rotatable bonds is 7. The highest BCUT2D eigenvalue weighted by molar-refractivity contribution is 7.89. The van der Waals surface area contributed by atoms with Crippen LogP contribution in [0.2, 0.25) is 0 Å². The predicted molar refractivity (Wildman–Crippen MR) is 108 cm³/mol. The Balaban J connectivity index is 1.82. The van der Waals surface area contributed by atoms with Crippen LogP contribution in [0.1, 0.15) is 33.3 Å². The van der Waals surface area contributed by atoms with Gasteiger partial charge in [0.25, 0.3) is 0 Å². The molecular weight excluding hydrogens is 362 g/mol. The van der Waals surface area contributed by atoms with Gasteiger partial charge in [0.05, 0.1) is 10.9 Å². The summed E-state index contributed by atoms with van der Waals surface area (Å²) in [5.41, 5.74) is 2.25. The molecule has 0 fully saturated rings. The zero-order valence-electron chi connectivity index (χ0n) is 15.0. The van der Waals surface area contributed by atoms with E-state index in [9.17, 15) is 8.42 Å². The van der Waals surface area contributed by atoms with Gasteiger partial charge in [0, 0.05) is 9.75 Å². The van der Waals surface area contributed by atoms with Crippen LogP contribution in [0.15, 0.2) is 71.6 Å². The van der Waals surface area contributed by atoms with Crippen molar-refractivity contribution < 1.29 is 8.42 Å². The van der Waals surface area contributed by atoms with E-state index in [1.54, 1.807) is 23.5 Å². The van der Waals surface area contributed by atoms with Gasteiger partial charge >= 0.3 is 0 Å². The van der Waals surface area contributed by atoms with Crippen LogP contribution in [0.5, 0.6) is 0 Å². The maximum absolute atomic E-state index is 12.8. The molecule has 5 heteroatoms. The molecule has 3 rings (SSSR count). The molecule has 0 spiro atoms. The van der Waals surface area contributed by atoms with Gasteiger partial charge in [-0.05, 0) is 56.5 Å². The molecule has 3 nitrogen and oxygen atoms in total. The predicted octanol–water partition coefficient (Wildman–Crippen LogP) is 5.02. The van der Waals surface area contributed by atoms with E-state index < -0.39 is 10.0 Å². The second-order valence-corrected chi connectivity index (χ2v) is 9.49. The highest BCUT2D eigenvalue weighted by Crippen LogP contribution is 2.28. The summed E-state index contributed by atoms with van der Waals surface area (Å²) in [5, 5.41) is 0. The Morgan fingerprint density at radius 1 is 0.923 bits per heavy atom. The molecule has 0 aliphatic heterocycles. The first-order chi connectivity index (χ1) is 12.4. The molecule has 3 aromatic rings. The summed E-state index contributed by atoms with van der Waals surface area (Å²) in [6.07, 6.45) is 1.54. The average molecular weight is 386 g/mol. The fourth-order valence-corrected chi connectivity index (χ4v) is 5.12. The van der Waals surface area contributed by atoms with Crippen molar-refractivity contribution in [2.24, 2.45) is 0 Å². The molecule has 0 saturated heterocycles. The van der Waals surface area contributed by atoms with E-state index in [0.29, 0.717) is 4.90 Å². The molecule has 0 saturated carbocycles. The Hall–Kier alpha value is -1.95. The van der Waals surface area contributed by atoms with Crippen LogP contribution in [-0.2, 0) is 16.4 Å². The van der Waals surface area contributed by atoms with Crippen molar-refractivity contribution in [1.29, 1.82) is 0 Å². The monoisotopic (exact) mass is 385 g/mol. The molecule has 0 aliphatic rings. The summed E-state index contributed by atoms with van der Waals surface area (Å²) in [7, 11) is -3.56. The maximum Gasteiger partial charge on any atom is 0.241 e. The summed E-state index contributed by atoms with van der Waals surface area (Å²) >= 11 is 1.64. The van der Waals surface area contributed by atoms with Crippen molar-refractivity contribution in [2.45, 2.75) is 37.6 Å². The normalized spacial score (nSPS) is 12.8. The van der Waals surface area contributed by atoms with E-state index in [0.717, 1.165) is 23.3 Å². The van der Waals surface area contributed by atoms with Crippen LogP contribution in [-0.4, -0.2) is 8.42 Å². The van der Waals surface area contributed by atoms with Crippen LogP contribution in [0, 0.1) is 13.8 Å². The lowest BCUT2D eigenvalue weighted by Crippen LogP contribution is -2.28. The van der Waals surface area contributed by atoms with Gasteiger partial charge in [-0.1, -0.05) is 48.0 Å². The fraction of sp³-hybridized carbons (Fsp3) is 0.238. The third-order valence-electron chi connectivity index (χ3n) is 4.30. The van der Waals surface area contributed by atoms with Crippen molar-refractivity contribution >= 4 is 21.4 Å². The number of thiophene rings is 1. The van der Waals surface area contributed by atoms with Gasteiger partial charge in [0.15, 0.2) is 0 Å².